The van der Waals surface area contributed by atoms with Gasteiger partial charge in [-0.05, 0) is 39.9 Å². The molecule has 0 amide bonds. The van der Waals surface area contributed by atoms with Gasteiger partial charge < -0.3 is 4.74 Å². The van der Waals surface area contributed by atoms with Crippen LogP contribution in [0.2, 0.25) is 0 Å². The molecule has 0 aliphatic heterocycles. The molecular formula is C12H14BrFO. The fourth-order valence-electron chi connectivity index (χ4n) is 1.50. The largest absolute Gasteiger partial charge is 0.377 e. The van der Waals surface area contributed by atoms with E-state index >= 15 is 0 Å². The molecule has 0 radical (unpaired) electrons. The third kappa shape index (κ3) is 3.28. The average Bonchev–Trinajstić information content (AvgIpc) is 3.02. The van der Waals surface area contributed by atoms with Gasteiger partial charge in [0.15, 0.2) is 0 Å². The minimum atomic E-state index is -0.224. The molecule has 0 atom stereocenters. The number of hydrogen-bond donors (Lipinski definition) is 0. The Labute approximate surface area is 97.8 Å². The van der Waals surface area contributed by atoms with Crippen LogP contribution in [-0.4, -0.2) is 6.61 Å². The van der Waals surface area contributed by atoms with Gasteiger partial charge in [0.1, 0.15) is 5.82 Å². The number of benzene rings is 1. The molecule has 0 aromatic heterocycles. The van der Waals surface area contributed by atoms with E-state index in [-0.39, 0.29) is 5.82 Å². The minimum absolute atomic E-state index is 0.224. The summed E-state index contributed by atoms with van der Waals surface area (Å²) in [6.07, 6.45) is 3.85. The quantitative estimate of drug-likeness (QED) is 0.739. The second-order valence-corrected chi connectivity index (χ2v) is 4.79. The average molecular weight is 273 g/mol. The van der Waals surface area contributed by atoms with Crippen LogP contribution in [0, 0.1) is 11.7 Å². The van der Waals surface area contributed by atoms with Crippen molar-refractivity contribution >= 4 is 15.9 Å². The van der Waals surface area contributed by atoms with Gasteiger partial charge in [-0.3, -0.25) is 0 Å². The number of rotatable bonds is 5. The summed E-state index contributed by atoms with van der Waals surface area (Å²) < 4.78 is 19.2. The van der Waals surface area contributed by atoms with Crippen LogP contribution >= 0.6 is 15.9 Å². The molecule has 1 aromatic carbocycles. The van der Waals surface area contributed by atoms with E-state index in [1.165, 1.54) is 18.9 Å². The normalized spacial score (nSPS) is 15.6. The Balaban J connectivity index is 1.78. The highest BCUT2D eigenvalue weighted by Gasteiger charge is 2.20. The maximum Gasteiger partial charge on any atom is 0.137 e. The molecule has 1 nitrogen and oxygen atoms in total. The molecule has 1 aliphatic carbocycles. The SMILES string of the molecule is Fc1cccc(COCCC2CC2)c1Br. The molecule has 1 fully saturated rings. The second-order valence-electron chi connectivity index (χ2n) is 4.00. The summed E-state index contributed by atoms with van der Waals surface area (Å²) in [6, 6.07) is 5.03. The van der Waals surface area contributed by atoms with Crippen molar-refractivity contribution in [2.45, 2.75) is 25.9 Å². The van der Waals surface area contributed by atoms with Crippen LogP contribution in [0.25, 0.3) is 0 Å². The molecule has 82 valence electrons. The number of ether oxygens (including phenoxy) is 1. The van der Waals surface area contributed by atoms with Crippen molar-refractivity contribution in [1.82, 2.24) is 0 Å². The van der Waals surface area contributed by atoms with E-state index in [4.69, 9.17) is 4.74 Å². The van der Waals surface area contributed by atoms with Crippen LogP contribution in [0.15, 0.2) is 22.7 Å². The summed E-state index contributed by atoms with van der Waals surface area (Å²) in [5.74, 6) is 0.666. The molecule has 0 heterocycles. The van der Waals surface area contributed by atoms with Crippen LogP contribution in [0.3, 0.4) is 0 Å². The number of halogens is 2. The third-order valence-corrected chi connectivity index (χ3v) is 3.54. The maximum absolute atomic E-state index is 13.1. The van der Waals surface area contributed by atoms with Crippen molar-refractivity contribution in [2.24, 2.45) is 5.92 Å². The lowest BCUT2D eigenvalue weighted by atomic mass is 10.2. The molecule has 0 spiro atoms. The molecule has 0 unspecified atom stereocenters. The van der Waals surface area contributed by atoms with E-state index in [2.05, 4.69) is 15.9 Å². The fourth-order valence-corrected chi connectivity index (χ4v) is 1.88. The van der Waals surface area contributed by atoms with Crippen molar-refractivity contribution in [3.8, 4) is 0 Å². The monoisotopic (exact) mass is 272 g/mol. The Morgan fingerprint density at radius 3 is 2.93 bits per heavy atom. The summed E-state index contributed by atoms with van der Waals surface area (Å²) in [4.78, 5) is 0. The third-order valence-electron chi connectivity index (χ3n) is 2.66. The van der Waals surface area contributed by atoms with Crippen molar-refractivity contribution in [2.75, 3.05) is 6.61 Å². The smallest absolute Gasteiger partial charge is 0.137 e. The summed E-state index contributed by atoms with van der Waals surface area (Å²) in [6.45, 7) is 1.28. The molecule has 3 heteroatoms. The molecule has 1 aromatic rings. The molecule has 15 heavy (non-hydrogen) atoms. The van der Waals surface area contributed by atoms with Crippen LogP contribution in [0.4, 0.5) is 4.39 Å². The molecule has 2 rings (SSSR count). The van der Waals surface area contributed by atoms with E-state index < -0.39 is 0 Å². The Kier molecular flexibility index (Phi) is 3.76. The molecule has 0 bridgehead atoms. The van der Waals surface area contributed by atoms with Crippen LogP contribution in [-0.2, 0) is 11.3 Å². The van der Waals surface area contributed by atoms with Crippen LogP contribution in [0.1, 0.15) is 24.8 Å². The zero-order valence-electron chi connectivity index (χ0n) is 8.51. The van der Waals surface area contributed by atoms with E-state index in [0.717, 1.165) is 24.5 Å². The van der Waals surface area contributed by atoms with Crippen molar-refractivity contribution in [3.63, 3.8) is 0 Å². The number of hydrogen-bond acceptors (Lipinski definition) is 1. The van der Waals surface area contributed by atoms with Gasteiger partial charge in [-0.1, -0.05) is 25.0 Å². The zero-order valence-corrected chi connectivity index (χ0v) is 10.1. The lowest BCUT2D eigenvalue weighted by molar-refractivity contribution is 0.114. The topological polar surface area (TPSA) is 9.23 Å². The summed E-state index contributed by atoms with van der Waals surface area (Å²) in [7, 11) is 0. The molecular weight excluding hydrogens is 259 g/mol. The predicted molar refractivity (Wildman–Crippen MR) is 61.1 cm³/mol. The van der Waals surface area contributed by atoms with E-state index in [1.54, 1.807) is 6.07 Å². The summed E-state index contributed by atoms with van der Waals surface area (Å²) in [5, 5.41) is 0. The second kappa shape index (κ2) is 5.08. The van der Waals surface area contributed by atoms with Gasteiger partial charge in [0.25, 0.3) is 0 Å². The Bertz CT molecular complexity index is 336. The lowest BCUT2D eigenvalue weighted by Gasteiger charge is -2.06. The van der Waals surface area contributed by atoms with Crippen molar-refractivity contribution < 1.29 is 9.13 Å². The maximum atomic E-state index is 13.1. The standard InChI is InChI=1S/C12H14BrFO/c13-12-10(2-1-3-11(12)14)8-15-7-6-9-4-5-9/h1-3,9H,4-8H2. The Morgan fingerprint density at radius 1 is 1.40 bits per heavy atom. The van der Waals surface area contributed by atoms with Gasteiger partial charge in [-0.2, -0.15) is 0 Å². The van der Waals surface area contributed by atoms with Gasteiger partial charge in [0.2, 0.25) is 0 Å². The summed E-state index contributed by atoms with van der Waals surface area (Å²) in [5.41, 5.74) is 0.880. The zero-order chi connectivity index (χ0) is 10.7. The van der Waals surface area contributed by atoms with E-state index in [9.17, 15) is 4.39 Å². The molecule has 0 saturated heterocycles. The minimum Gasteiger partial charge on any atom is -0.377 e. The van der Waals surface area contributed by atoms with Crippen LogP contribution < -0.4 is 0 Å². The van der Waals surface area contributed by atoms with Crippen LogP contribution in [0.5, 0.6) is 0 Å². The highest BCUT2D eigenvalue weighted by Crippen LogP contribution is 2.32. The predicted octanol–water partition coefficient (Wildman–Crippen LogP) is 3.90. The molecule has 1 saturated carbocycles. The highest BCUT2D eigenvalue weighted by molar-refractivity contribution is 9.10. The van der Waals surface area contributed by atoms with Gasteiger partial charge >= 0.3 is 0 Å². The van der Waals surface area contributed by atoms with E-state index in [0.29, 0.717) is 11.1 Å². The first-order valence-corrected chi connectivity index (χ1v) is 6.07. The first-order valence-electron chi connectivity index (χ1n) is 5.28. The first kappa shape index (κ1) is 11.1. The van der Waals surface area contributed by atoms with Gasteiger partial charge in [0, 0.05) is 6.61 Å². The lowest BCUT2D eigenvalue weighted by Crippen LogP contribution is -1.98. The van der Waals surface area contributed by atoms with Gasteiger partial charge in [-0.15, -0.1) is 0 Å². The van der Waals surface area contributed by atoms with Crippen molar-refractivity contribution in [3.05, 3.63) is 34.1 Å². The fraction of sp³-hybridized carbons (Fsp3) is 0.500. The van der Waals surface area contributed by atoms with Gasteiger partial charge in [-0.25, -0.2) is 4.39 Å². The Hall–Kier alpha value is -0.410. The molecule has 0 N–H and O–H groups in total. The van der Waals surface area contributed by atoms with E-state index in [1.807, 2.05) is 6.07 Å². The van der Waals surface area contributed by atoms with Crippen molar-refractivity contribution in [1.29, 1.82) is 0 Å². The summed E-state index contributed by atoms with van der Waals surface area (Å²) >= 11 is 3.22. The Morgan fingerprint density at radius 2 is 2.20 bits per heavy atom. The highest BCUT2D eigenvalue weighted by atomic mass is 79.9. The van der Waals surface area contributed by atoms with Gasteiger partial charge in [0.05, 0.1) is 11.1 Å². The first-order chi connectivity index (χ1) is 7.27. The molecule has 1 aliphatic rings.